The van der Waals surface area contributed by atoms with Crippen LogP contribution in [0.15, 0.2) is 18.3 Å². The second-order valence-corrected chi connectivity index (χ2v) is 7.04. The van der Waals surface area contributed by atoms with Gasteiger partial charge in [-0.25, -0.2) is 9.78 Å². The SMILES string of the molecule is Cc1cc(N[C@H]2C[C@H](NC(=O)OC(C)(C)C)C2)n2nccc2n1. The quantitative estimate of drug-likeness (QED) is 0.909. The fourth-order valence-electron chi connectivity index (χ4n) is 2.68. The summed E-state index contributed by atoms with van der Waals surface area (Å²) in [5.74, 6) is 0.929. The Balaban J connectivity index is 1.54. The lowest BCUT2D eigenvalue weighted by molar-refractivity contribution is 0.0475. The minimum Gasteiger partial charge on any atom is -0.444 e. The fourth-order valence-corrected chi connectivity index (χ4v) is 2.68. The maximum Gasteiger partial charge on any atom is 0.407 e. The lowest BCUT2D eigenvalue weighted by Gasteiger charge is -2.37. The van der Waals surface area contributed by atoms with Gasteiger partial charge in [-0.15, -0.1) is 0 Å². The molecular weight excluding hydrogens is 294 g/mol. The van der Waals surface area contributed by atoms with E-state index in [2.05, 4.69) is 20.7 Å². The van der Waals surface area contributed by atoms with Gasteiger partial charge in [-0.05, 0) is 40.5 Å². The number of hydrogen-bond donors (Lipinski definition) is 2. The summed E-state index contributed by atoms with van der Waals surface area (Å²) in [6.07, 6.45) is 3.11. The number of aryl methyl sites for hydroxylation is 1. The summed E-state index contributed by atoms with van der Waals surface area (Å²) in [7, 11) is 0. The molecule has 2 heterocycles. The highest BCUT2D eigenvalue weighted by atomic mass is 16.6. The van der Waals surface area contributed by atoms with E-state index in [1.807, 2.05) is 39.8 Å². The highest BCUT2D eigenvalue weighted by Gasteiger charge is 2.32. The zero-order valence-electron chi connectivity index (χ0n) is 14.0. The molecule has 2 N–H and O–H groups in total. The Kier molecular flexibility index (Phi) is 3.87. The molecule has 124 valence electrons. The van der Waals surface area contributed by atoms with E-state index < -0.39 is 5.60 Å². The van der Waals surface area contributed by atoms with Crippen molar-refractivity contribution in [2.45, 2.75) is 58.2 Å². The van der Waals surface area contributed by atoms with E-state index in [0.717, 1.165) is 30.0 Å². The Morgan fingerprint density at radius 3 is 2.78 bits per heavy atom. The maximum absolute atomic E-state index is 11.7. The molecule has 0 bridgehead atoms. The Morgan fingerprint density at radius 1 is 1.35 bits per heavy atom. The van der Waals surface area contributed by atoms with Crippen molar-refractivity contribution in [1.29, 1.82) is 0 Å². The van der Waals surface area contributed by atoms with E-state index in [-0.39, 0.29) is 12.1 Å². The van der Waals surface area contributed by atoms with Gasteiger partial charge in [0.2, 0.25) is 0 Å². The summed E-state index contributed by atoms with van der Waals surface area (Å²) in [6.45, 7) is 7.54. The molecular formula is C16H23N5O2. The van der Waals surface area contributed by atoms with Crippen molar-refractivity contribution in [3.8, 4) is 0 Å². The number of hydrogen-bond acceptors (Lipinski definition) is 5. The van der Waals surface area contributed by atoms with Crippen LogP contribution in [0.1, 0.15) is 39.3 Å². The monoisotopic (exact) mass is 317 g/mol. The van der Waals surface area contributed by atoms with Crippen LogP contribution < -0.4 is 10.6 Å². The number of carbonyl (C=O) groups is 1. The molecule has 2 aromatic rings. The van der Waals surface area contributed by atoms with Gasteiger partial charge < -0.3 is 15.4 Å². The number of amides is 1. The van der Waals surface area contributed by atoms with E-state index >= 15 is 0 Å². The van der Waals surface area contributed by atoms with Gasteiger partial charge in [0, 0.05) is 29.9 Å². The summed E-state index contributed by atoms with van der Waals surface area (Å²) in [4.78, 5) is 16.2. The van der Waals surface area contributed by atoms with Crippen LogP contribution in [0.3, 0.4) is 0 Å². The molecule has 0 spiro atoms. The van der Waals surface area contributed by atoms with Crippen molar-refractivity contribution >= 4 is 17.6 Å². The summed E-state index contributed by atoms with van der Waals surface area (Å²) in [5, 5.41) is 10.6. The van der Waals surface area contributed by atoms with Gasteiger partial charge >= 0.3 is 6.09 Å². The first-order chi connectivity index (χ1) is 10.8. The predicted octanol–water partition coefficient (Wildman–Crippen LogP) is 2.51. The van der Waals surface area contributed by atoms with Crippen LogP contribution in [0.2, 0.25) is 0 Å². The first-order valence-corrected chi connectivity index (χ1v) is 7.87. The molecule has 0 radical (unpaired) electrons. The molecule has 0 unspecified atom stereocenters. The molecule has 23 heavy (non-hydrogen) atoms. The molecule has 7 heteroatoms. The van der Waals surface area contributed by atoms with Crippen LogP contribution >= 0.6 is 0 Å². The predicted molar refractivity (Wildman–Crippen MR) is 87.5 cm³/mol. The average molecular weight is 317 g/mol. The van der Waals surface area contributed by atoms with Gasteiger partial charge in [-0.2, -0.15) is 9.61 Å². The average Bonchev–Trinajstić information content (AvgIpc) is 2.81. The van der Waals surface area contributed by atoms with Crippen molar-refractivity contribution < 1.29 is 9.53 Å². The van der Waals surface area contributed by atoms with E-state index in [1.165, 1.54) is 0 Å². The number of ether oxygens (including phenoxy) is 1. The van der Waals surface area contributed by atoms with Gasteiger partial charge in [0.25, 0.3) is 0 Å². The van der Waals surface area contributed by atoms with Gasteiger partial charge in [-0.1, -0.05) is 0 Å². The minimum absolute atomic E-state index is 0.151. The number of anilines is 1. The van der Waals surface area contributed by atoms with Crippen molar-refractivity contribution in [3.63, 3.8) is 0 Å². The molecule has 1 aliphatic carbocycles. The molecule has 0 atom stereocenters. The molecule has 0 aromatic carbocycles. The standard InChI is InChI=1S/C16H23N5O2/c1-10-7-14(21-13(18-10)5-6-17-21)19-11-8-12(9-11)20-15(22)23-16(2,3)4/h5-7,11-12,19H,8-9H2,1-4H3,(H,20,22)/t11-,12-. The number of fused-ring (bicyclic) bond motifs is 1. The van der Waals surface area contributed by atoms with E-state index in [9.17, 15) is 4.79 Å². The number of alkyl carbamates (subject to hydrolysis) is 1. The zero-order chi connectivity index (χ0) is 16.6. The molecule has 0 saturated heterocycles. The Bertz CT molecular complexity index is 713. The second kappa shape index (κ2) is 5.72. The van der Waals surface area contributed by atoms with Gasteiger partial charge in [-0.3, -0.25) is 0 Å². The first kappa shape index (κ1) is 15.6. The Labute approximate surface area is 135 Å². The maximum atomic E-state index is 11.7. The summed E-state index contributed by atoms with van der Waals surface area (Å²) in [5.41, 5.74) is 1.31. The smallest absolute Gasteiger partial charge is 0.407 e. The summed E-state index contributed by atoms with van der Waals surface area (Å²) in [6, 6.07) is 4.32. The molecule has 1 aliphatic rings. The normalized spacial score (nSPS) is 20.9. The minimum atomic E-state index is -0.467. The van der Waals surface area contributed by atoms with Gasteiger partial charge in [0.05, 0.1) is 6.20 Å². The van der Waals surface area contributed by atoms with Crippen LogP contribution in [-0.4, -0.2) is 38.4 Å². The molecule has 1 fully saturated rings. The van der Waals surface area contributed by atoms with Gasteiger partial charge in [0.1, 0.15) is 11.4 Å². The van der Waals surface area contributed by atoms with Crippen molar-refractivity contribution in [2.75, 3.05) is 5.32 Å². The third kappa shape index (κ3) is 3.72. The van der Waals surface area contributed by atoms with Crippen molar-refractivity contribution in [2.24, 2.45) is 0 Å². The molecule has 0 aliphatic heterocycles. The number of carbonyl (C=O) groups excluding carboxylic acids is 1. The highest BCUT2D eigenvalue weighted by molar-refractivity contribution is 5.68. The molecule has 3 rings (SSSR count). The molecule has 7 nitrogen and oxygen atoms in total. The molecule has 2 aromatic heterocycles. The first-order valence-electron chi connectivity index (χ1n) is 7.87. The van der Waals surface area contributed by atoms with Crippen LogP contribution in [-0.2, 0) is 4.74 Å². The largest absolute Gasteiger partial charge is 0.444 e. The Hall–Kier alpha value is -2.31. The summed E-state index contributed by atoms with van der Waals surface area (Å²) < 4.78 is 7.06. The van der Waals surface area contributed by atoms with Crippen LogP contribution in [0.5, 0.6) is 0 Å². The zero-order valence-corrected chi connectivity index (χ0v) is 14.0. The number of rotatable bonds is 3. The van der Waals surface area contributed by atoms with E-state index in [1.54, 1.807) is 10.7 Å². The third-order valence-electron chi connectivity index (χ3n) is 3.70. The second-order valence-electron chi connectivity index (χ2n) is 7.04. The van der Waals surface area contributed by atoms with Crippen molar-refractivity contribution in [3.05, 3.63) is 24.0 Å². The van der Waals surface area contributed by atoms with Crippen LogP contribution in [0, 0.1) is 6.92 Å². The van der Waals surface area contributed by atoms with Gasteiger partial charge in [0.15, 0.2) is 5.65 Å². The van der Waals surface area contributed by atoms with Crippen LogP contribution in [0.25, 0.3) is 5.65 Å². The fraction of sp³-hybridized carbons (Fsp3) is 0.562. The number of nitrogens with one attached hydrogen (secondary N) is 2. The van der Waals surface area contributed by atoms with E-state index in [4.69, 9.17) is 4.74 Å². The topological polar surface area (TPSA) is 80.5 Å². The molecule has 1 saturated carbocycles. The Morgan fingerprint density at radius 2 is 2.09 bits per heavy atom. The highest BCUT2D eigenvalue weighted by Crippen LogP contribution is 2.25. The van der Waals surface area contributed by atoms with Crippen molar-refractivity contribution in [1.82, 2.24) is 19.9 Å². The number of aromatic nitrogens is 3. The summed E-state index contributed by atoms with van der Waals surface area (Å²) >= 11 is 0. The lowest BCUT2D eigenvalue weighted by atomic mass is 9.87. The molecule has 1 amide bonds. The van der Waals surface area contributed by atoms with Crippen LogP contribution in [0.4, 0.5) is 10.6 Å². The third-order valence-corrected chi connectivity index (χ3v) is 3.70. The van der Waals surface area contributed by atoms with E-state index in [0.29, 0.717) is 6.04 Å². The number of nitrogens with zero attached hydrogens (tertiary/aromatic N) is 3. The lowest BCUT2D eigenvalue weighted by Crippen LogP contribution is -2.50.